The zero-order chi connectivity index (χ0) is 13.5. The number of rotatable bonds is 2. The zero-order valence-corrected chi connectivity index (χ0v) is 10.9. The molecule has 5 heteroatoms. The van der Waals surface area contributed by atoms with E-state index in [1.807, 2.05) is 31.2 Å². The number of fused-ring (bicyclic) bond motifs is 2. The summed E-state index contributed by atoms with van der Waals surface area (Å²) in [5.74, 6) is 1.04. The Hall–Kier alpha value is -2.04. The molecule has 2 heterocycles. The number of ether oxygens (including phenoxy) is 1. The van der Waals surface area contributed by atoms with Crippen LogP contribution in [0.2, 0.25) is 0 Å². The lowest BCUT2D eigenvalue weighted by Gasteiger charge is -2.40. The highest BCUT2D eigenvalue weighted by molar-refractivity contribution is 6.09. The monoisotopic (exact) mass is 259 g/mol. The molecule has 19 heavy (non-hydrogen) atoms. The second-order valence-electron chi connectivity index (χ2n) is 4.91. The van der Waals surface area contributed by atoms with Crippen molar-refractivity contribution in [2.24, 2.45) is 0 Å². The largest absolute Gasteiger partial charge is 0.493 e. The minimum atomic E-state index is -0.665. The van der Waals surface area contributed by atoms with Crippen molar-refractivity contribution in [2.75, 3.05) is 13.2 Å². The molecule has 2 amide bonds. The molecule has 100 valence electrons. The fourth-order valence-electron chi connectivity index (χ4n) is 3.02. The van der Waals surface area contributed by atoms with Crippen LogP contribution in [0, 0.1) is 5.41 Å². The highest BCUT2D eigenvalue weighted by Gasteiger charge is 2.53. The third-order valence-electron chi connectivity index (χ3n) is 3.85. The molecule has 1 atom stereocenters. The summed E-state index contributed by atoms with van der Waals surface area (Å²) in [4.78, 5) is 13.9. The van der Waals surface area contributed by atoms with Gasteiger partial charge in [-0.15, -0.1) is 0 Å². The number of amides is 2. The standard InChI is InChI=1S/C14H17N3O2/c1-2-8-17-13(18)16-12(15)14(17)7-9-19-11-6-4-3-5-10(11)14/h3-6H,2,7-9H2,1H3,(H2,15,16,18). The van der Waals surface area contributed by atoms with Crippen LogP contribution in [0.3, 0.4) is 0 Å². The van der Waals surface area contributed by atoms with Crippen molar-refractivity contribution in [1.82, 2.24) is 10.2 Å². The fourth-order valence-corrected chi connectivity index (χ4v) is 3.02. The van der Waals surface area contributed by atoms with Gasteiger partial charge in [-0.05, 0) is 12.5 Å². The third kappa shape index (κ3) is 1.54. The Bertz CT molecular complexity index is 543. The van der Waals surface area contributed by atoms with Gasteiger partial charge in [-0.3, -0.25) is 10.7 Å². The number of carbonyl (C=O) groups excluding carboxylic acids is 1. The topological polar surface area (TPSA) is 65.4 Å². The van der Waals surface area contributed by atoms with Crippen molar-refractivity contribution in [3.05, 3.63) is 29.8 Å². The average molecular weight is 259 g/mol. The summed E-state index contributed by atoms with van der Waals surface area (Å²) in [6.45, 7) is 3.20. The third-order valence-corrected chi connectivity index (χ3v) is 3.85. The number of amidine groups is 1. The Morgan fingerprint density at radius 1 is 1.47 bits per heavy atom. The molecule has 1 spiro atoms. The Kier molecular flexibility index (Phi) is 2.69. The van der Waals surface area contributed by atoms with E-state index < -0.39 is 5.54 Å². The van der Waals surface area contributed by atoms with Crippen LogP contribution in [0.4, 0.5) is 4.79 Å². The van der Waals surface area contributed by atoms with Gasteiger partial charge >= 0.3 is 6.03 Å². The van der Waals surface area contributed by atoms with Crippen molar-refractivity contribution >= 4 is 11.9 Å². The van der Waals surface area contributed by atoms with Crippen LogP contribution in [0.15, 0.2) is 24.3 Å². The van der Waals surface area contributed by atoms with E-state index >= 15 is 0 Å². The predicted molar refractivity (Wildman–Crippen MR) is 71.5 cm³/mol. The Labute approximate surface area is 112 Å². The molecule has 0 bridgehead atoms. The van der Waals surface area contributed by atoms with Gasteiger partial charge in [-0.1, -0.05) is 25.1 Å². The van der Waals surface area contributed by atoms with Crippen LogP contribution < -0.4 is 10.1 Å². The van der Waals surface area contributed by atoms with Crippen LogP contribution in [0.5, 0.6) is 5.75 Å². The summed E-state index contributed by atoms with van der Waals surface area (Å²) in [5.41, 5.74) is 0.250. The van der Waals surface area contributed by atoms with Gasteiger partial charge in [0, 0.05) is 18.5 Å². The van der Waals surface area contributed by atoms with Gasteiger partial charge in [0.05, 0.1) is 6.61 Å². The highest BCUT2D eigenvalue weighted by atomic mass is 16.5. The minimum Gasteiger partial charge on any atom is -0.493 e. The molecule has 1 saturated heterocycles. The molecule has 0 radical (unpaired) electrons. The molecule has 5 nitrogen and oxygen atoms in total. The van der Waals surface area contributed by atoms with Gasteiger partial charge in [-0.2, -0.15) is 0 Å². The first-order chi connectivity index (χ1) is 9.20. The predicted octanol–water partition coefficient (Wildman–Crippen LogP) is 2.08. The molecule has 1 fully saturated rings. The molecule has 1 aromatic rings. The van der Waals surface area contributed by atoms with Crippen LogP contribution in [0.25, 0.3) is 0 Å². The number of nitrogens with one attached hydrogen (secondary N) is 2. The summed E-state index contributed by atoms with van der Waals surface area (Å²) >= 11 is 0. The summed E-state index contributed by atoms with van der Waals surface area (Å²) in [6, 6.07) is 7.51. The van der Waals surface area contributed by atoms with E-state index in [-0.39, 0.29) is 11.9 Å². The Morgan fingerprint density at radius 3 is 3.05 bits per heavy atom. The number of benzene rings is 1. The maximum Gasteiger partial charge on any atom is 0.323 e. The van der Waals surface area contributed by atoms with Gasteiger partial charge < -0.3 is 9.64 Å². The lowest BCUT2D eigenvalue weighted by Crippen LogP contribution is -2.50. The lowest BCUT2D eigenvalue weighted by molar-refractivity contribution is 0.132. The van der Waals surface area contributed by atoms with Gasteiger partial charge in [-0.25, -0.2) is 4.79 Å². The Balaban J connectivity index is 2.16. The summed E-state index contributed by atoms with van der Waals surface area (Å²) in [7, 11) is 0. The van der Waals surface area contributed by atoms with Crippen LogP contribution in [0.1, 0.15) is 25.3 Å². The quantitative estimate of drug-likeness (QED) is 0.854. The van der Waals surface area contributed by atoms with E-state index in [0.717, 1.165) is 17.7 Å². The normalized spacial score (nSPS) is 25.2. The first kappa shape index (κ1) is 12.0. The number of hydrogen-bond donors (Lipinski definition) is 2. The van der Waals surface area contributed by atoms with Crippen molar-refractivity contribution < 1.29 is 9.53 Å². The number of hydrogen-bond acceptors (Lipinski definition) is 3. The molecule has 0 saturated carbocycles. The molecule has 3 rings (SSSR count). The molecule has 2 aliphatic heterocycles. The summed E-state index contributed by atoms with van der Waals surface area (Å²) in [6.07, 6.45) is 1.49. The van der Waals surface area contributed by atoms with Crippen molar-refractivity contribution in [3.63, 3.8) is 0 Å². The first-order valence-electron chi connectivity index (χ1n) is 6.60. The van der Waals surface area contributed by atoms with Gasteiger partial charge in [0.2, 0.25) is 0 Å². The number of urea groups is 1. The van der Waals surface area contributed by atoms with Gasteiger partial charge in [0.25, 0.3) is 0 Å². The van der Waals surface area contributed by atoms with Gasteiger partial charge in [0.15, 0.2) is 0 Å². The molecule has 1 unspecified atom stereocenters. The number of carbonyl (C=O) groups is 1. The second-order valence-corrected chi connectivity index (χ2v) is 4.91. The second kappa shape index (κ2) is 4.26. The molecule has 2 aliphatic rings. The Morgan fingerprint density at radius 2 is 2.26 bits per heavy atom. The van der Waals surface area contributed by atoms with E-state index in [9.17, 15) is 4.79 Å². The minimum absolute atomic E-state index is 0.177. The van der Waals surface area contributed by atoms with Crippen molar-refractivity contribution in [2.45, 2.75) is 25.3 Å². The van der Waals surface area contributed by atoms with E-state index in [0.29, 0.717) is 19.6 Å². The highest BCUT2D eigenvalue weighted by Crippen LogP contribution is 2.44. The van der Waals surface area contributed by atoms with Crippen LogP contribution in [-0.4, -0.2) is 29.9 Å². The van der Waals surface area contributed by atoms with Crippen LogP contribution in [-0.2, 0) is 5.54 Å². The number of para-hydroxylation sites is 1. The number of nitrogens with zero attached hydrogens (tertiary/aromatic N) is 1. The molecule has 0 aliphatic carbocycles. The lowest BCUT2D eigenvalue weighted by atomic mass is 9.82. The fraction of sp³-hybridized carbons (Fsp3) is 0.429. The molecule has 1 aromatic carbocycles. The smallest absolute Gasteiger partial charge is 0.323 e. The van der Waals surface area contributed by atoms with E-state index in [4.69, 9.17) is 10.1 Å². The molecule has 0 aromatic heterocycles. The van der Waals surface area contributed by atoms with Crippen LogP contribution >= 0.6 is 0 Å². The zero-order valence-electron chi connectivity index (χ0n) is 10.9. The summed E-state index contributed by atoms with van der Waals surface area (Å²) < 4.78 is 5.66. The molecular formula is C14H17N3O2. The maximum absolute atomic E-state index is 12.1. The average Bonchev–Trinajstić information content (AvgIpc) is 2.65. The SMILES string of the molecule is CCCN1C(=O)NC(=N)C12CCOc1ccccc12. The first-order valence-corrected chi connectivity index (χ1v) is 6.60. The van der Waals surface area contributed by atoms with Crippen molar-refractivity contribution in [1.29, 1.82) is 5.41 Å². The van der Waals surface area contributed by atoms with Crippen molar-refractivity contribution in [3.8, 4) is 5.75 Å². The van der Waals surface area contributed by atoms with E-state index in [2.05, 4.69) is 5.32 Å². The molecule has 2 N–H and O–H groups in total. The summed E-state index contributed by atoms with van der Waals surface area (Å²) in [5, 5.41) is 10.9. The maximum atomic E-state index is 12.1. The molecular weight excluding hydrogens is 242 g/mol. The van der Waals surface area contributed by atoms with E-state index in [1.165, 1.54) is 0 Å². The van der Waals surface area contributed by atoms with E-state index in [1.54, 1.807) is 4.90 Å². The van der Waals surface area contributed by atoms with Gasteiger partial charge in [0.1, 0.15) is 17.1 Å².